The van der Waals surface area contributed by atoms with Gasteiger partial charge in [-0.3, -0.25) is 14.5 Å². The standard InChI is InChI=1S/C16H17ClN6O/c1-21-14-13(10-18-21)15(24)20-16(19-14)23-7-5-22(6-8-23)12-4-2-3-11(17)9-12/h2-4,9-10H,5-8H2,1H3,(H,19,20,24). The van der Waals surface area contributed by atoms with Crippen molar-refractivity contribution in [2.75, 3.05) is 36.0 Å². The minimum absolute atomic E-state index is 0.152. The van der Waals surface area contributed by atoms with Crippen LogP contribution in [0.1, 0.15) is 0 Å². The number of fused-ring (bicyclic) bond motifs is 1. The highest BCUT2D eigenvalue weighted by molar-refractivity contribution is 6.30. The number of aromatic nitrogens is 4. The number of benzene rings is 1. The van der Waals surface area contributed by atoms with Crippen molar-refractivity contribution in [2.45, 2.75) is 0 Å². The van der Waals surface area contributed by atoms with E-state index in [0.29, 0.717) is 17.0 Å². The molecule has 3 heterocycles. The predicted molar refractivity (Wildman–Crippen MR) is 95.0 cm³/mol. The van der Waals surface area contributed by atoms with Gasteiger partial charge in [0.15, 0.2) is 5.65 Å². The number of piperazine rings is 1. The van der Waals surface area contributed by atoms with E-state index in [1.54, 1.807) is 17.9 Å². The van der Waals surface area contributed by atoms with E-state index in [1.165, 1.54) is 0 Å². The summed E-state index contributed by atoms with van der Waals surface area (Å²) in [5.74, 6) is 0.599. The van der Waals surface area contributed by atoms with Gasteiger partial charge in [0.2, 0.25) is 5.95 Å². The number of aryl methyl sites for hydroxylation is 1. The number of aromatic amines is 1. The van der Waals surface area contributed by atoms with Crippen LogP contribution >= 0.6 is 11.6 Å². The van der Waals surface area contributed by atoms with Crippen molar-refractivity contribution in [3.8, 4) is 0 Å². The van der Waals surface area contributed by atoms with Gasteiger partial charge in [0.1, 0.15) is 5.39 Å². The summed E-state index contributed by atoms with van der Waals surface area (Å²) in [5, 5.41) is 5.35. The fourth-order valence-electron chi connectivity index (χ4n) is 3.02. The number of hydrogen-bond donors (Lipinski definition) is 1. The zero-order valence-electron chi connectivity index (χ0n) is 13.2. The van der Waals surface area contributed by atoms with Gasteiger partial charge in [-0.05, 0) is 18.2 Å². The molecule has 3 aromatic rings. The second kappa shape index (κ2) is 5.83. The van der Waals surface area contributed by atoms with Crippen molar-refractivity contribution < 1.29 is 0 Å². The molecule has 8 heteroatoms. The van der Waals surface area contributed by atoms with Crippen LogP contribution in [0.15, 0.2) is 35.3 Å². The SMILES string of the molecule is Cn1ncc2c(=O)[nH]c(N3CCN(c4cccc(Cl)c4)CC3)nc21. The van der Waals surface area contributed by atoms with Crippen LogP contribution in [0.4, 0.5) is 11.6 Å². The van der Waals surface area contributed by atoms with Crippen LogP contribution in [-0.2, 0) is 7.05 Å². The van der Waals surface area contributed by atoms with Gasteiger partial charge in [0, 0.05) is 43.9 Å². The molecule has 1 aliphatic heterocycles. The lowest BCUT2D eigenvalue weighted by atomic mass is 10.2. The molecule has 0 amide bonds. The van der Waals surface area contributed by atoms with E-state index in [4.69, 9.17) is 11.6 Å². The summed E-state index contributed by atoms with van der Waals surface area (Å²) >= 11 is 6.07. The fourth-order valence-corrected chi connectivity index (χ4v) is 3.20. The quantitative estimate of drug-likeness (QED) is 0.765. The summed E-state index contributed by atoms with van der Waals surface area (Å²) in [5.41, 5.74) is 1.57. The third-order valence-corrected chi connectivity index (χ3v) is 4.58. The first-order chi connectivity index (χ1) is 11.6. The first-order valence-electron chi connectivity index (χ1n) is 7.79. The lowest BCUT2D eigenvalue weighted by Gasteiger charge is -2.36. The third kappa shape index (κ3) is 2.60. The van der Waals surface area contributed by atoms with Gasteiger partial charge in [-0.2, -0.15) is 10.1 Å². The Morgan fingerprint density at radius 2 is 1.92 bits per heavy atom. The Labute approximate surface area is 143 Å². The van der Waals surface area contributed by atoms with Gasteiger partial charge in [0.05, 0.1) is 6.20 Å². The monoisotopic (exact) mass is 344 g/mol. The number of H-pyrrole nitrogens is 1. The van der Waals surface area contributed by atoms with Gasteiger partial charge in [0.25, 0.3) is 5.56 Å². The van der Waals surface area contributed by atoms with Gasteiger partial charge >= 0.3 is 0 Å². The molecule has 0 unspecified atom stereocenters. The van der Waals surface area contributed by atoms with Crippen LogP contribution in [0.25, 0.3) is 11.0 Å². The molecule has 124 valence electrons. The highest BCUT2D eigenvalue weighted by atomic mass is 35.5. The molecule has 0 radical (unpaired) electrons. The number of nitrogens with zero attached hydrogens (tertiary/aromatic N) is 5. The molecule has 0 atom stereocenters. The van der Waals surface area contributed by atoms with Crippen LogP contribution in [-0.4, -0.2) is 45.9 Å². The number of anilines is 2. The van der Waals surface area contributed by atoms with Crippen LogP contribution in [0.3, 0.4) is 0 Å². The van der Waals surface area contributed by atoms with Crippen molar-refractivity contribution in [2.24, 2.45) is 7.05 Å². The summed E-state index contributed by atoms with van der Waals surface area (Å²) in [7, 11) is 1.79. The van der Waals surface area contributed by atoms with E-state index in [1.807, 2.05) is 18.2 Å². The molecule has 1 N–H and O–H groups in total. The molecule has 1 aromatic carbocycles. The number of hydrogen-bond acceptors (Lipinski definition) is 5. The van der Waals surface area contributed by atoms with Crippen LogP contribution in [0.2, 0.25) is 5.02 Å². The van der Waals surface area contributed by atoms with Crippen molar-refractivity contribution in [3.05, 3.63) is 45.8 Å². The summed E-state index contributed by atoms with van der Waals surface area (Å²) in [4.78, 5) is 24.0. The number of rotatable bonds is 2. The molecular formula is C16H17ClN6O. The van der Waals surface area contributed by atoms with E-state index in [-0.39, 0.29) is 5.56 Å². The Bertz CT molecular complexity index is 941. The topological polar surface area (TPSA) is 70.1 Å². The highest BCUT2D eigenvalue weighted by Gasteiger charge is 2.20. The molecule has 1 saturated heterocycles. The average Bonchev–Trinajstić information content (AvgIpc) is 2.97. The lowest BCUT2D eigenvalue weighted by molar-refractivity contribution is 0.639. The number of nitrogens with one attached hydrogen (secondary N) is 1. The molecule has 0 spiro atoms. The molecule has 0 aliphatic carbocycles. The molecule has 0 bridgehead atoms. The van der Waals surface area contributed by atoms with E-state index in [2.05, 4.69) is 30.9 Å². The smallest absolute Gasteiger partial charge is 0.263 e. The second-order valence-electron chi connectivity index (χ2n) is 5.85. The van der Waals surface area contributed by atoms with E-state index < -0.39 is 0 Å². The summed E-state index contributed by atoms with van der Waals surface area (Å²) in [6.07, 6.45) is 1.54. The van der Waals surface area contributed by atoms with E-state index in [0.717, 1.165) is 36.9 Å². The van der Waals surface area contributed by atoms with Crippen molar-refractivity contribution in [3.63, 3.8) is 0 Å². The van der Waals surface area contributed by atoms with Crippen molar-refractivity contribution in [1.29, 1.82) is 0 Å². The normalized spacial score (nSPS) is 15.2. The summed E-state index contributed by atoms with van der Waals surface area (Å²) in [6.45, 7) is 3.23. The fraction of sp³-hybridized carbons (Fsp3) is 0.312. The Morgan fingerprint density at radius 3 is 2.67 bits per heavy atom. The van der Waals surface area contributed by atoms with E-state index in [9.17, 15) is 4.79 Å². The minimum atomic E-state index is -0.152. The zero-order chi connectivity index (χ0) is 16.7. The predicted octanol–water partition coefficient (Wildman–Crippen LogP) is 1.64. The number of halogens is 1. The zero-order valence-corrected chi connectivity index (χ0v) is 14.0. The largest absolute Gasteiger partial charge is 0.368 e. The molecule has 1 aliphatic rings. The highest BCUT2D eigenvalue weighted by Crippen LogP contribution is 2.22. The first kappa shape index (κ1) is 15.0. The maximum Gasteiger partial charge on any atom is 0.263 e. The Balaban J connectivity index is 1.56. The Morgan fingerprint density at radius 1 is 1.17 bits per heavy atom. The molecule has 0 saturated carbocycles. The Hall–Kier alpha value is -2.54. The maximum absolute atomic E-state index is 12.2. The minimum Gasteiger partial charge on any atom is -0.368 e. The third-order valence-electron chi connectivity index (χ3n) is 4.34. The van der Waals surface area contributed by atoms with Gasteiger partial charge < -0.3 is 9.80 Å². The first-order valence-corrected chi connectivity index (χ1v) is 8.17. The van der Waals surface area contributed by atoms with Crippen LogP contribution in [0, 0.1) is 0 Å². The van der Waals surface area contributed by atoms with Crippen molar-refractivity contribution in [1.82, 2.24) is 19.7 Å². The second-order valence-corrected chi connectivity index (χ2v) is 6.29. The molecule has 24 heavy (non-hydrogen) atoms. The van der Waals surface area contributed by atoms with Gasteiger partial charge in [-0.15, -0.1) is 0 Å². The Kier molecular flexibility index (Phi) is 3.65. The van der Waals surface area contributed by atoms with Gasteiger partial charge in [-0.25, -0.2) is 0 Å². The van der Waals surface area contributed by atoms with E-state index >= 15 is 0 Å². The van der Waals surface area contributed by atoms with Gasteiger partial charge in [-0.1, -0.05) is 17.7 Å². The van der Waals surface area contributed by atoms with Crippen molar-refractivity contribution >= 4 is 34.3 Å². The molecule has 2 aromatic heterocycles. The molecule has 7 nitrogen and oxygen atoms in total. The summed E-state index contributed by atoms with van der Waals surface area (Å²) < 4.78 is 1.62. The van der Waals surface area contributed by atoms with Crippen LogP contribution < -0.4 is 15.4 Å². The lowest BCUT2D eigenvalue weighted by Crippen LogP contribution is -2.47. The molecular weight excluding hydrogens is 328 g/mol. The maximum atomic E-state index is 12.2. The average molecular weight is 345 g/mol. The molecule has 4 rings (SSSR count). The molecule has 1 fully saturated rings. The van der Waals surface area contributed by atoms with Crippen LogP contribution in [0.5, 0.6) is 0 Å². The summed E-state index contributed by atoms with van der Waals surface area (Å²) in [6, 6.07) is 7.86.